The van der Waals surface area contributed by atoms with E-state index in [2.05, 4.69) is 4.90 Å². The molecule has 0 spiro atoms. The molecule has 1 saturated heterocycles. The van der Waals surface area contributed by atoms with Crippen molar-refractivity contribution in [2.75, 3.05) is 31.1 Å². The fourth-order valence-electron chi connectivity index (χ4n) is 3.91. The summed E-state index contributed by atoms with van der Waals surface area (Å²) in [6.07, 6.45) is -1.43. The highest BCUT2D eigenvalue weighted by Crippen LogP contribution is 2.25. The van der Waals surface area contributed by atoms with Crippen LogP contribution >= 0.6 is 0 Å². The van der Waals surface area contributed by atoms with Gasteiger partial charge >= 0.3 is 12.1 Å². The van der Waals surface area contributed by atoms with E-state index in [9.17, 15) is 21.6 Å². The lowest BCUT2D eigenvalue weighted by molar-refractivity contribution is -0.192. The van der Waals surface area contributed by atoms with Gasteiger partial charge in [-0.2, -0.15) is 17.5 Å². The summed E-state index contributed by atoms with van der Waals surface area (Å²) in [5.74, 6) is -1.95. The summed E-state index contributed by atoms with van der Waals surface area (Å²) in [5.41, 5.74) is 4.15. The summed E-state index contributed by atoms with van der Waals surface area (Å²) in [7, 11) is -3.48. The van der Waals surface area contributed by atoms with Crippen molar-refractivity contribution in [1.29, 1.82) is 0 Å². The summed E-state index contributed by atoms with van der Waals surface area (Å²) >= 11 is 0. The van der Waals surface area contributed by atoms with Gasteiger partial charge < -0.3 is 10.0 Å². The van der Waals surface area contributed by atoms with E-state index in [0.29, 0.717) is 30.8 Å². The zero-order valence-corrected chi connectivity index (χ0v) is 19.8. The van der Waals surface area contributed by atoms with Gasteiger partial charge in [-0.1, -0.05) is 17.7 Å². The number of sulfonamides is 1. The van der Waals surface area contributed by atoms with Gasteiger partial charge in [0.2, 0.25) is 16.0 Å². The van der Waals surface area contributed by atoms with Crippen LogP contribution in [0, 0.1) is 13.8 Å². The van der Waals surface area contributed by atoms with Crippen LogP contribution in [0.1, 0.15) is 35.4 Å². The first-order chi connectivity index (χ1) is 15.9. The lowest BCUT2D eigenvalue weighted by Crippen LogP contribution is -2.33. The van der Waals surface area contributed by atoms with Crippen molar-refractivity contribution < 1.29 is 31.5 Å². The number of aromatic nitrogens is 2. The van der Waals surface area contributed by atoms with Crippen molar-refractivity contribution in [2.45, 2.75) is 50.6 Å². The molecule has 12 heteroatoms. The Hall–Kier alpha value is -2.73. The smallest absolute Gasteiger partial charge is 0.475 e. The van der Waals surface area contributed by atoms with Crippen LogP contribution in [0.5, 0.6) is 0 Å². The van der Waals surface area contributed by atoms with E-state index >= 15 is 0 Å². The molecule has 1 aromatic carbocycles. The second-order valence-corrected chi connectivity index (χ2v) is 10.2. The van der Waals surface area contributed by atoms with Gasteiger partial charge in [-0.3, -0.25) is 0 Å². The van der Waals surface area contributed by atoms with E-state index < -0.39 is 22.2 Å². The molecule has 186 valence electrons. The average Bonchev–Trinajstić information content (AvgIpc) is 3.20. The quantitative estimate of drug-likeness (QED) is 0.691. The van der Waals surface area contributed by atoms with Crippen molar-refractivity contribution in [3.05, 3.63) is 46.8 Å². The fourth-order valence-corrected chi connectivity index (χ4v) is 5.35. The number of hydrogen-bond acceptors (Lipinski definition) is 6. The molecule has 34 heavy (non-hydrogen) atoms. The molecule has 0 atom stereocenters. The normalized spacial score (nSPS) is 16.9. The van der Waals surface area contributed by atoms with Crippen molar-refractivity contribution in [3.8, 4) is 0 Å². The van der Waals surface area contributed by atoms with Gasteiger partial charge in [0, 0.05) is 38.3 Å². The van der Waals surface area contributed by atoms with Gasteiger partial charge in [-0.15, -0.1) is 0 Å². The first-order valence-corrected chi connectivity index (χ1v) is 12.3. The Kier molecular flexibility index (Phi) is 7.81. The van der Waals surface area contributed by atoms with Gasteiger partial charge in [0.25, 0.3) is 0 Å². The summed E-state index contributed by atoms with van der Waals surface area (Å²) in [4.78, 5) is 21.0. The number of carboxylic acids is 1. The molecule has 0 aliphatic carbocycles. The molecule has 2 aliphatic rings. The minimum absolute atomic E-state index is 0.361. The summed E-state index contributed by atoms with van der Waals surface area (Å²) in [6, 6.07) is 7.08. The van der Waals surface area contributed by atoms with Crippen LogP contribution in [0.3, 0.4) is 0 Å². The Bertz CT molecular complexity index is 1130. The number of anilines is 1. The van der Waals surface area contributed by atoms with Gasteiger partial charge in [0.1, 0.15) is 0 Å². The molecule has 0 bridgehead atoms. The molecule has 2 aromatic rings. The summed E-state index contributed by atoms with van der Waals surface area (Å²) < 4.78 is 59.4. The number of aliphatic carboxylic acids is 1. The Labute approximate surface area is 196 Å². The predicted octanol–water partition coefficient (Wildman–Crippen LogP) is 3.12. The van der Waals surface area contributed by atoms with Crippen LogP contribution < -0.4 is 4.90 Å². The number of halogens is 3. The molecule has 3 heterocycles. The highest BCUT2D eigenvalue weighted by molar-refractivity contribution is 7.89. The maximum absolute atomic E-state index is 13.0. The van der Waals surface area contributed by atoms with E-state index in [1.165, 1.54) is 12.8 Å². The number of nitrogens with zero attached hydrogens (tertiary/aromatic N) is 4. The van der Waals surface area contributed by atoms with Gasteiger partial charge in [0.05, 0.1) is 10.6 Å². The van der Waals surface area contributed by atoms with E-state index in [0.717, 1.165) is 41.6 Å². The average molecular weight is 501 g/mol. The standard InChI is InChI=1S/C20H26N4O2S.C2HF3O2/c1-15-5-7-17(8-6-15)27(25,26)24-13-9-18-16(2)21-20(22-19(18)10-14-24)23-11-3-4-12-23;3-2(4,5)1(6)7/h5-8H,3-4,9-14H2,1-2H3;(H,6,7). The highest BCUT2D eigenvalue weighted by Gasteiger charge is 2.38. The Morgan fingerprint density at radius 1 is 0.971 bits per heavy atom. The van der Waals surface area contributed by atoms with Crippen molar-refractivity contribution in [3.63, 3.8) is 0 Å². The van der Waals surface area contributed by atoms with Crippen molar-refractivity contribution in [1.82, 2.24) is 14.3 Å². The highest BCUT2D eigenvalue weighted by atomic mass is 32.2. The molecule has 1 aromatic heterocycles. The second-order valence-electron chi connectivity index (χ2n) is 8.25. The maximum atomic E-state index is 13.0. The fraction of sp³-hybridized carbons (Fsp3) is 0.500. The minimum atomic E-state index is -5.08. The van der Waals surface area contributed by atoms with Crippen molar-refractivity contribution >= 4 is 21.9 Å². The first kappa shape index (κ1) is 25.9. The zero-order chi connectivity index (χ0) is 25.1. The number of fused-ring (bicyclic) bond motifs is 1. The van der Waals surface area contributed by atoms with Gasteiger partial charge in [-0.05, 0) is 50.8 Å². The third kappa shape index (κ3) is 6.03. The number of rotatable bonds is 3. The molecule has 2 aliphatic heterocycles. The Balaban J connectivity index is 0.000000406. The predicted molar refractivity (Wildman–Crippen MR) is 119 cm³/mol. The molecule has 4 rings (SSSR count). The maximum Gasteiger partial charge on any atom is 0.490 e. The van der Waals surface area contributed by atoms with E-state index in [1.807, 2.05) is 26.0 Å². The SMILES string of the molecule is Cc1ccc(S(=O)(=O)N2CCc3nc(N4CCCC4)nc(C)c3CC2)cc1.O=C(O)C(F)(F)F. The van der Waals surface area contributed by atoms with Crippen molar-refractivity contribution in [2.24, 2.45) is 0 Å². The summed E-state index contributed by atoms with van der Waals surface area (Å²) in [6.45, 7) is 6.91. The van der Waals surface area contributed by atoms with Crippen LogP contribution in [0.4, 0.5) is 19.1 Å². The van der Waals surface area contributed by atoms with Crippen LogP contribution in [-0.2, 0) is 27.7 Å². The summed E-state index contributed by atoms with van der Waals surface area (Å²) in [5, 5.41) is 7.12. The topological polar surface area (TPSA) is 104 Å². The Morgan fingerprint density at radius 3 is 2.09 bits per heavy atom. The number of carboxylic acid groups (broad SMARTS) is 1. The third-order valence-electron chi connectivity index (χ3n) is 5.79. The lowest BCUT2D eigenvalue weighted by Gasteiger charge is -2.19. The molecule has 8 nitrogen and oxygen atoms in total. The van der Waals surface area contributed by atoms with Crippen LogP contribution in [-0.4, -0.2) is 66.1 Å². The minimum Gasteiger partial charge on any atom is -0.475 e. The molecule has 1 N–H and O–H groups in total. The van der Waals surface area contributed by atoms with E-state index in [4.69, 9.17) is 19.9 Å². The monoisotopic (exact) mass is 500 g/mol. The number of carbonyl (C=O) groups is 1. The van der Waals surface area contributed by atoms with Crippen LogP contribution in [0.25, 0.3) is 0 Å². The Morgan fingerprint density at radius 2 is 1.53 bits per heavy atom. The van der Waals surface area contributed by atoms with Crippen LogP contribution in [0.2, 0.25) is 0 Å². The molecule has 0 unspecified atom stereocenters. The largest absolute Gasteiger partial charge is 0.490 e. The molecular weight excluding hydrogens is 473 g/mol. The number of hydrogen-bond donors (Lipinski definition) is 1. The number of alkyl halides is 3. The second kappa shape index (κ2) is 10.3. The van der Waals surface area contributed by atoms with Gasteiger partial charge in [-0.25, -0.2) is 23.2 Å². The molecule has 0 radical (unpaired) electrons. The first-order valence-electron chi connectivity index (χ1n) is 10.9. The molecule has 0 saturated carbocycles. The molecule has 0 amide bonds. The zero-order valence-electron chi connectivity index (χ0n) is 19.0. The molecular formula is C22H27F3N4O4S. The molecule has 1 fully saturated rings. The van der Waals surface area contributed by atoms with Crippen LogP contribution in [0.15, 0.2) is 29.2 Å². The number of aryl methyl sites for hydroxylation is 2. The van der Waals surface area contributed by atoms with E-state index in [-0.39, 0.29) is 0 Å². The number of benzene rings is 1. The van der Waals surface area contributed by atoms with E-state index in [1.54, 1.807) is 16.4 Å². The third-order valence-corrected chi connectivity index (χ3v) is 7.70. The lowest BCUT2D eigenvalue weighted by atomic mass is 10.1. The van der Waals surface area contributed by atoms with Gasteiger partial charge in [0.15, 0.2) is 0 Å².